The van der Waals surface area contributed by atoms with Crippen LogP contribution >= 0.6 is 0 Å². The number of nitrogens with one attached hydrogen (secondary N) is 1. The molecule has 3 heterocycles. The number of carbonyl (C=O) groups excluding carboxylic acids is 2. The zero-order valence-electron chi connectivity index (χ0n) is 15.9. The van der Waals surface area contributed by atoms with Crippen molar-refractivity contribution in [3.05, 3.63) is 24.0 Å². The van der Waals surface area contributed by atoms with Crippen LogP contribution in [0.1, 0.15) is 49.4 Å². The molecule has 148 valence electrons. The first-order valence-electron chi connectivity index (χ1n) is 9.73. The highest BCUT2D eigenvalue weighted by molar-refractivity contribution is 5.93. The number of aromatic nitrogens is 2. The lowest BCUT2D eigenvalue weighted by atomic mass is 9.93. The number of β-amino-alcohol motifs (C(OH)–C–C–N with tert-alkyl or cyclic N) is 1. The van der Waals surface area contributed by atoms with Gasteiger partial charge in [-0.15, -0.1) is 0 Å². The third-order valence-electron chi connectivity index (χ3n) is 5.55. The van der Waals surface area contributed by atoms with E-state index in [-0.39, 0.29) is 17.9 Å². The van der Waals surface area contributed by atoms with Gasteiger partial charge in [-0.05, 0) is 38.2 Å². The van der Waals surface area contributed by atoms with E-state index >= 15 is 0 Å². The topological polar surface area (TPSA) is 98.7 Å². The zero-order valence-corrected chi connectivity index (χ0v) is 15.9. The van der Waals surface area contributed by atoms with Crippen molar-refractivity contribution in [2.24, 2.45) is 0 Å². The summed E-state index contributed by atoms with van der Waals surface area (Å²) < 4.78 is 0. The molecule has 0 aromatic carbocycles. The molecule has 2 aliphatic heterocycles. The van der Waals surface area contributed by atoms with Crippen LogP contribution in [0.5, 0.6) is 0 Å². The van der Waals surface area contributed by atoms with Gasteiger partial charge in [-0.2, -0.15) is 10.2 Å². The van der Waals surface area contributed by atoms with Gasteiger partial charge in [0, 0.05) is 45.7 Å². The van der Waals surface area contributed by atoms with Crippen molar-refractivity contribution < 1.29 is 14.7 Å². The fourth-order valence-corrected chi connectivity index (χ4v) is 4.08. The first-order valence-corrected chi connectivity index (χ1v) is 9.73. The van der Waals surface area contributed by atoms with Gasteiger partial charge < -0.3 is 20.2 Å². The van der Waals surface area contributed by atoms with Gasteiger partial charge >= 0.3 is 0 Å². The molecule has 8 heteroatoms. The van der Waals surface area contributed by atoms with E-state index in [2.05, 4.69) is 20.4 Å². The Labute approximate surface area is 159 Å². The second-order valence-corrected chi connectivity index (χ2v) is 7.75. The highest BCUT2D eigenvalue weighted by Gasteiger charge is 2.34. The Hall–Kier alpha value is -2.06. The smallest absolute Gasteiger partial charge is 0.255 e. The molecule has 0 spiro atoms. The van der Waals surface area contributed by atoms with Crippen molar-refractivity contribution in [1.82, 2.24) is 25.3 Å². The second-order valence-electron chi connectivity index (χ2n) is 7.75. The van der Waals surface area contributed by atoms with Gasteiger partial charge in [0.15, 0.2) is 0 Å². The van der Waals surface area contributed by atoms with Gasteiger partial charge in [0.1, 0.15) is 0 Å². The van der Waals surface area contributed by atoms with Crippen molar-refractivity contribution in [2.45, 2.75) is 50.7 Å². The molecule has 0 radical (unpaired) electrons. The highest BCUT2D eigenvalue weighted by Crippen LogP contribution is 2.26. The van der Waals surface area contributed by atoms with Crippen molar-refractivity contribution in [2.75, 3.05) is 32.7 Å². The van der Waals surface area contributed by atoms with E-state index in [1.165, 1.54) is 12.4 Å². The lowest BCUT2D eigenvalue weighted by Gasteiger charge is -2.38. The summed E-state index contributed by atoms with van der Waals surface area (Å²) in [6, 6.07) is 1.91. The molecule has 2 fully saturated rings. The fraction of sp³-hybridized carbons (Fsp3) is 0.684. The van der Waals surface area contributed by atoms with Gasteiger partial charge in [-0.3, -0.25) is 9.59 Å². The monoisotopic (exact) mass is 375 g/mol. The van der Waals surface area contributed by atoms with Gasteiger partial charge in [-0.25, -0.2) is 0 Å². The number of hydrogen-bond acceptors (Lipinski definition) is 6. The molecule has 8 nitrogen and oxygen atoms in total. The van der Waals surface area contributed by atoms with E-state index in [0.717, 1.165) is 32.4 Å². The number of nitrogens with zero attached hydrogens (tertiary/aromatic N) is 4. The molecule has 1 aromatic heterocycles. The highest BCUT2D eigenvalue weighted by atomic mass is 16.3. The van der Waals surface area contributed by atoms with Gasteiger partial charge in [0.2, 0.25) is 5.91 Å². The second kappa shape index (κ2) is 8.75. The number of carbonyl (C=O) groups is 2. The van der Waals surface area contributed by atoms with Crippen LogP contribution in [0.25, 0.3) is 0 Å². The Bertz CT molecular complexity index is 648. The maximum Gasteiger partial charge on any atom is 0.255 e. The quantitative estimate of drug-likeness (QED) is 0.792. The molecule has 3 rings (SSSR count). The largest absolute Gasteiger partial charge is 0.388 e. The van der Waals surface area contributed by atoms with Gasteiger partial charge in [-0.1, -0.05) is 0 Å². The molecule has 0 saturated carbocycles. The van der Waals surface area contributed by atoms with Crippen LogP contribution in [0.2, 0.25) is 0 Å². The summed E-state index contributed by atoms with van der Waals surface area (Å²) in [5, 5.41) is 21.6. The molecule has 2 N–H and O–H groups in total. The number of piperidine rings is 1. The predicted molar refractivity (Wildman–Crippen MR) is 100 cm³/mol. The average Bonchev–Trinajstić information content (AvgIpc) is 2.85. The van der Waals surface area contributed by atoms with Crippen molar-refractivity contribution in [3.63, 3.8) is 0 Å². The standard InChI is InChI=1S/C19H29N5O3/c1-15(25)22-17-4-10-23(11-5-17)14-19(27)6-2-9-24(12-7-19)18(26)16-3-8-20-21-13-16/h3,8,13,17,27H,2,4-7,9-12,14H2,1H3,(H,22,25)/t19-/m1/s1. The summed E-state index contributed by atoms with van der Waals surface area (Å²) in [5.74, 6) is -0.0322. The molecule has 1 atom stereocenters. The van der Waals surface area contributed by atoms with Gasteiger partial charge in [0.05, 0.1) is 23.6 Å². The number of likely N-dealkylation sites (tertiary alicyclic amines) is 2. The predicted octanol–water partition coefficient (Wildman–Crippen LogP) is 0.434. The lowest BCUT2D eigenvalue weighted by Crippen LogP contribution is -2.50. The van der Waals surface area contributed by atoms with Crippen molar-refractivity contribution in [3.8, 4) is 0 Å². The van der Waals surface area contributed by atoms with Crippen LogP contribution in [0.3, 0.4) is 0 Å². The summed E-state index contributed by atoms with van der Waals surface area (Å²) in [5.41, 5.74) is -0.234. The van der Waals surface area contributed by atoms with Crippen LogP contribution in [0, 0.1) is 0 Å². The fourth-order valence-electron chi connectivity index (χ4n) is 4.08. The number of amides is 2. The Balaban J connectivity index is 1.51. The third-order valence-corrected chi connectivity index (χ3v) is 5.55. The first-order chi connectivity index (χ1) is 13.0. The Morgan fingerprint density at radius 1 is 1.22 bits per heavy atom. The third kappa shape index (κ3) is 5.46. The number of hydrogen-bond donors (Lipinski definition) is 2. The number of aliphatic hydroxyl groups is 1. The summed E-state index contributed by atoms with van der Waals surface area (Å²) in [7, 11) is 0. The SMILES string of the molecule is CC(=O)NC1CCN(C[C@@]2(O)CCCN(C(=O)c3ccnnc3)CC2)CC1. The average molecular weight is 375 g/mol. The van der Waals surface area contributed by atoms with Crippen LogP contribution in [0.15, 0.2) is 18.5 Å². The van der Waals surface area contributed by atoms with Crippen LogP contribution in [-0.4, -0.2) is 81.3 Å². The van der Waals surface area contributed by atoms with E-state index in [0.29, 0.717) is 38.0 Å². The van der Waals surface area contributed by atoms with E-state index in [4.69, 9.17) is 0 Å². The maximum atomic E-state index is 12.6. The molecule has 0 bridgehead atoms. The van der Waals surface area contributed by atoms with Crippen molar-refractivity contribution >= 4 is 11.8 Å². The molecule has 27 heavy (non-hydrogen) atoms. The Morgan fingerprint density at radius 2 is 2.00 bits per heavy atom. The minimum atomic E-state index is -0.771. The van der Waals surface area contributed by atoms with Crippen LogP contribution in [0.4, 0.5) is 0 Å². The minimum Gasteiger partial charge on any atom is -0.388 e. The molecule has 2 amide bonds. The molecular formula is C19H29N5O3. The molecule has 0 unspecified atom stereocenters. The van der Waals surface area contributed by atoms with Crippen molar-refractivity contribution in [1.29, 1.82) is 0 Å². The maximum absolute atomic E-state index is 12.6. The summed E-state index contributed by atoms with van der Waals surface area (Å²) in [4.78, 5) is 27.9. The van der Waals surface area contributed by atoms with E-state index < -0.39 is 5.60 Å². The van der Waals surface area contributed by atoms with E-state index in [1.807, 2.05) is 0 Å². The van der Waals surface area contributed by atoms with E-state index in [9.17, 15) is 14.7 Å². The molecule has 1 aromatic rings. The normalized spacial score (nSPS) is 25.0. The molecular weight excluding hydrogens is 346 g/mol. The lowest BCUT2D eigenvalue weighted by molar-refractivity contribution is -0.120. The van der Waals surface area contributed by atoms with Gasteiger partial charge in [0.25, 0.3) is 5.91 Å². The van der Waals surface area contributed by atoms with E-state index in [1.54, 1.807) is 17.9 Å². The summed E-state index contributed by atoms with van der Waals surface area (Å²) in [6.45, 7) is 5.11. The Morgan fingerprint density at radius 3 is 2.67 bits per heavy atom. The number of rotatable bonds is 4. The minimum absolute atomic E-state index is 0.0185. The first kappa shape index (κ1) is 19.7. The zero-order chi connectivity index (χ0) is 19.3. The summed E-state index contributed by atoms with van der Waals surface area (Å²) >= 11 is 0. The molecule has 2 aliphatic rings. The van der Waals surface area contributed by atoms with Crippen LogP contribution < -0.4 is 5.32 Å². The summed E-state index contributed by atoms with van der Waals surface area (Å²) in [6.07, 6.45) is 6.87. The Kier molecular flexibility index (Phi) is 6.38. The molecule has 2 saturated heterocycles. The van der Waals surface area contributed by atoms with Crippen LogP contribution in [-0.2, 0) is 4.79 Å². The molecule has 0 aliphatic carbocycles.